The Morgan fingerprint density at radius 3 is 2.24 bits per heavy atom. The van der Waals surface area contributed by atoms with E-state index in [1.807, 2.05) is 37.3 Å². The standard InChI is InChI=1S/C28H20ClN3O4S/c1-16-6-7-18(14-21(16)29)23-12-13-24(35-23)26(33)32-28(37)31-20-10-8-19(9-11-20)30-27(34)25-15-17-4-2-3-5-22(17)36-25/h2-15H,1H3,(H,30,34)(H2,31,32,33,37). The Morgan fingerprint density at radius 1 is 0.784 bits per heavy atom. The summed E-state index contributed by atoms with van der Waals surface area (Å²) in [6.07, 6.45) is 0. The van der Waals surface area contributed by atoms with Crippen molar-refractivity contribution in [1.82, 2.24) is 5.32 Å². The van der Waals surface area contributed by atoms with Crippen LogP contribution >= 0.6 is 23.8 Å². The van der Waals surface area contributed by atoms with Crippen molar-refractivity contribution < 1.29 is 18.4 Å². The van der Waals surface area contributed by atoms with Crippen LogP contribution in [-0.2, 0) is 0 Å². The molecular weight excluding hydrogens is 510 g/mol. The van der Waals surface area contributed by atoms with E-state index in [0.29, 0.717) is 27.7 Å². The molecule has 0 saturated carbocycles. The number of thiocarbonyl (C=S) groups is 1. The molecular formula is C28H20ClN3O4S. The fourth-order valence-corrected chi connectivity index (χ4v) is 4.00. The highest BCUT2D eigenvalue weighted by Gasteiger charge is 2.15. The summed E-state index contributed by atoms with van der Waals surface area (Å²) in [5, 5.41) is 9.88. The van der Waals surface area contributed by atoms with E-state index >= 15 is 0 Å². The minimum Gasteiger partial charge on any atom is -0.451 e. The molecule has 9 heteroatoms. The summed E-state index contributed by atoms with van der Waals surface area (Å²) in [6.45, 7) is 1.91. The summed E-state index contributed by atoms with van der Waals surface area (Å²) in [5.41, 5.74) is 3.57. The molecule has 5 aromatic rings. The summed E-state index contributed by atoms with van der Waals surface area (Å²) in [7, 11) is 0. The maximum atomic E-state index is 12.6. The largest absolute Gasteiger partial charge is 0.451 e. The lowest BCUT2D eigenvalue weighted by Gasteiger charge is -2.10. The first-order valence-corrected chi connectivity index (χ1v) is 12.0. The van der Waals surface area contributed by atoms with Gasteiger partial charge in [-0.3, -0.25) is 14.9 Å². The molecule has 0 saturated heterocycles. The van der Waals surface area contributed by atoms with E-state index in [2.05, 4.69) is 16.0 Å². The molecule has 0 fully saturated rings. The zero-order valence-corrected chi connectivity index (χ0v) is 21.1. The third-order valence-electron chi connectivity index (χ3n) is 5.56. The second kappa shape index (κ2) is 10.3. The molecule has 2 amide bonds. The highest BCUT2D eigenvalue weighted by molar-refractivity contribution is 7.80. The first-order chi connectivity index (χ1) is 17.9. The first kappa shape index (κ1) is 24.3. The molecule has 5 rings (SSSR count). The van der Waals surface area contributed by atoms with Gasteiger partial charge in [-0.1, -0.05) is 41.9 Å². The molecule has 0 radical (unpaired) electrons. The lowest BCUT2D eigenvalue weighted by atomic mass is 10.1. The SMILES string of the molecule is Cc1ccc(-c2ccc(C(=O)NC(=S)Nc3ccc(NC(=O)c4cc5ccccc5o4)cc3)o2)cc1Cl. The Balaban J connectivity index is 1.16. The Kier molecular flexibility index (Phi) is 6.76. The maximum Gasteiger partial charge on any atom is 0.293 e. The van der Waals surface area contributed by atoms with Crippen molar-refractivity contribution in [3.63, 3.8) is 0 Å². The van der Waals surface area contributed by atoms with Gasteiger partial charge in [-0.2, -0.15) is 0 Å². The molecule has 37 heavy (non-hydrogen) atoms. The summed E-state index contributed by atoms with van der Waals surface area (Å²) >= 11 is 11.4. The molecule has 7 nitrogen and oxygen atoms in total. The van der Waals surface area contributed by atoms with E-state index in [-0.39, 0.29) is 22.5 Å². The number of anilines is 2. The number of amides is 2. The number of furan rings is 2. The molecule has 0 aliphatic rings. The molecule has 2 heterocycles. The van der Waals surface area contributed by atoms with Gasteiger partial charge in [0.15, 0.2) is 16.6 Å². The minimum absolute atomic E-state index is 0.0976. The molecule has 0 unspecified atom stereocenters. The smallest absolute Gasteiger partial charge is 0.293 e. The molecule has 3 N–H and O–H groups in total. The molecule has 0 atom stereocenters. The van der Waals surface area contributed by atoms with E-state index in [1.165, 1.54) is 0 Å². The maximum absolute atomic E-state index is 12.6. The van der Waals surface area contributed by atoms with Gasteiger partial charge < -0.3 is 19.5 Å². The van der Waals surface area contributed by atoms with Crippen molar-refractivity contribution in [1.29, 1.82) is 0 Å². The fourth-order valence-electron chi connectivity index (χ4n) is 3.61. The van der Waals surface area contributed by atoms with E-state index in [0.717, 1.165) is 16.5 Å². The lowest BCUT2D eigenvalue weighted by molar-refractivity contribution is 0.0950. The number of carbonyl (C=O) groups is 2. The monoisotopic (exact) mass is 529 g/mol. The average Bonchev–Trinajstić information content (AvgIpc) is 3.55. The Hall–Kier alpha value is -4.40. The van der Waals surface area contributed by atoms with Crippen LogP contribution in [0, 0.1) is 6.92 Å². The first-order valence-electron chi connectivity index (χ1n) is 11.2. The fraction of sp³-hybridized carbons (Fsp3) is 0.0357. The molecule has 0 aliphatic carbocycles. The number of benzene rings is 3. The highest BCUT2D eigenvalue weighted by Crippen LogP contribution is 2.27. The van der Waals surface area contributed by atoms with Crippen LogP contribution in [0.4, 0.5) is 11.4 Å². The van der Waals surface area contributed by atoms with Crippen molar-refractivity contribution in [2.45, 2.75) is 6.92 Å². The summed E-state index contributed by atoms with van der Waals surface area (Å²) in [5.74, 6) is 0.00616. The number of hydrogen-bond acceptors (Lipinski definition) is 5. The van der Waals surface area contributed by atoms with Crippen molar-refractivity contribution in [3.05, 3.63) is 107 Å². The number of fused-ring (bicyclic) bond motifs is 1. The van der Waals surface area contributed by atoms with Crippen molar-refractivity contribution in [3.8, 4) is 11.3 Å². The van der Waals surface area contributed by atoms with Gasteiger partial charge in [-0.15, -0.1) is 0 Å². The van der Waals surface area contributed by atoms with Crippen LogP contribution in [0.1, 0.15) is 26.7 Å². The summed E-state index contributed by atoms with van der Waals surface area (Å²) in [6, 6.07) is 24.8. The number of aryl methyl sites for hydroxylation is 1. The van der Waals surface area contributed by atoms with Gasteiger partial charge in [0.1, 0.15) is 11.3 Å². The zero-order chi connectivity index (χ0) is 25.9. The molecule has 0 spiro atoms. The van der Waals surface area contributed by atoms with Gasteiger partial charge in [-0.05, 0) is 79.3 Å². The number of rotatable bonds is 5. The minimum atomic E-state index is -0.489. The summed E-state index contributed by atoms with van der Waals surface area (Å²) < 4.78 is 11.3. The zero-order valence-electron chi connectivity index (χ0n) is 19.5. The van der Waals surface area contributed by atoms with E-state index in [1.54, 1.807) is 54.6 Å². The van der Waals surface area contributed by atoms with Crippen molar-refractivity contribution in [2.24, 2.45) is 0 Å². The summed E-state index contributed by atoms with van der Waals surface area (Å²) in [4.78, 5) is 25.1. The second-order valence-corrected chi connectivity index (χ2v) is 9.03. The van der Waals surface area contributed by atoms with Crippen LogP contribution in [-0.4, -0.2) is 16.9 Å². The third-order valence-corrected chi connectivity index (χ3v) is 6.17. The number of carbonyl (C=O) groups excluding carboxylic acids is 2. The number of hydrogen-bond donors (Lipinski definition) is 3. The van der Waals surface area contributed by atoms with Gasteiger partial charge in [-0.25, -0.2) is 0 Å². The van der Waals surface area contributed by atoms with E-state index in [4.69, 9.17) is 32.7 Å². The average molecular weight is 530 g/mol. The van der Waals surface area contributed by atoms with E-state index < -0.39 is 5.91 Å². The predicted octanol–water partition coefficient (Wildman–Crippen LogP) is 7.03. The van der Waals surface area contributed by atoms with Crippen LogP contribution < -0.4 is 16.0 Å². The van der Waals surface area contributed by atoms with Crippen LogP contribution in [0.15, 0.2) is 93.8 Å². The molecule has 184 valence electrons. The van der Waals surface area contributed by atoms with Crippen LogP contribution in [0.2, 0.25) is 5.02 Å². The number of halogens is 1. The normalized spacial score (nSPS) is 10.8. The third kappa shape index (κ3) is 5.55. The highest BCUT2D eigenvalue weighted by atomic mass is 35.5. The molecule has 3 aromatic carbocycles. The van der Waals surface area contributed by atoms with Crippen molar-refractivity contribution >= 4 is 63.1 Å². The number of para-hydroxylation sites is 1. The van der Waals surface area contributed by atoms with Crippen LogP contribution in [0.25, 0.3) is 22.3 Å². The lowest BCUT2D eigenvalue weighted by Crippen LogP contribution is -2.33. The topological polar surface area (TPSA) is 96.5 Å². The Morgan fingerprint density at radius 2 is 1.51 bits per heavy atom. The van der Waals surface area contributed by atoms with Crippen LogP contribution in [0.3, 0.4) is 0 Å². The van der Waals surface area contributed by atoms with Gasteiger partial charge in [0.05, 0.1) is 0 Å². The Labute approximate surface area is 222 Å². The van der Waals surface area contributed by atoms with Crippen LogP contribution in [0.5, 0.6) is 0 Å². The number of nitrogens with one attached hydrogen (secondary N) is 3. The van der Waals surface area contributed by atoms with Gasteiger partial charge in [0, 0.05) is 27.3 Å². The molecule has 0 bridgehead atoms. The predicted molar refractivity (Wildman–Crippen MR) is 148 cm³/mol. The van der Waals surface area contributed by atoms with Gasteiger partial charge in [0.25, 0.3) is 11.8 Å². The van der Waals surface area contributed by atoms with Gasteiger partial charge in [0.2, 0.25) is 0 Å². The quantitative estimate of drug-likeness (QED) is 0.211. The molecule has 2 aromatic heterocycles. The Bertz CT molecular complexity index is 1610. The second-order valence-electron chi connectivity index (χ2n) is 8.22. The molecule has 0 aliphatic heterocycles. The van der Waals surface area contributed by atoms with E-state index in [9.17, 15) is 9.59 Å². The van der Waals surface area contributed by atoms with Gasteiger partial charge >= 0.3 is 0 Å². The van der Waals surface area contributed by atoms with Crippen molar-refractivity contribution in [2.75, 3.05) is 10.6 Å².